The Bertz CT molecular complexity index is 906. The van der Waals surface area contributed by atoms with Crippen molar-refractivity contribution in [2.45, 2.75) is 97.0 Å². The van der Waals surface area contributed by atoms with Gasteiger partial charge in [-0.3, -0.25) is 9.80 Å². The Morgan fingerprint density at radius 3 is 2.29 bits per heavy atom. The molecule has 2 amide bonds. The number of hydrogen-bond donors (Lipinski definition) is 0. The van der Waals surface area contributed by atoms with E-state index in [0.717, 1.165) is 5.56 Å². The summed E-state index contributed by atoms with van der Waals surface area (Å²) < 4.78 is 22.9. The Balaban J connectivity index is 1.58. The lowest BCUT2D eigenvalue weighted by atomic mass is 10.1. The van der Waals surface area contributed by atoms with Crippen molar-refractivity contribution in [1.29, 1.82) is 0 Å². The molecule has 8 heteroatoms. The first-order chi connectivity index (χ1) is 16.3. The molecule has 2 aliphatic heterocycles. The first kappa shape index (κ1) is 27.0. The average Bonchev–Trinajstić information content (AvgIpc) is 3.23. The summed E-state index contributed by atoms with van der Waals surface area (Å²) in [5.74, 6) is 0. The zero-order chi connectivity index (χ0) is 25.9. The summed E-state index contributed by atoms with van der Waals surface area (Å²) in [6, 6.07) is 9.28. The Hall–Kier alpha value is -2.58. The highest BCUT2D eigenvalue weighted by atomic mass is 16.6. The lowest BCUT2D eigenvalue weighted by Gasteiger charge is -2.35. The summed E-state index contributed by atoms with van der Waals surface area (Å²) in [6.45, 7) is 14.1. The minimum Gasteiger partial charge on any atom is -0.444 e. The van der Waals surface area contributed by atoms with Gasteiger partial charge in [0.2, 0.25) is 0 Å². The number of rotatable bonds is 6. The van der Waals surface area contributed by atoms with Gasteiger partial charge in [-0.25, -0.2) is 9.59 Å². The van der Waals surface area contributed by atoms with E-state index in [9.17, 15) is 9.59 Å². The monoisotopic (exact) mass is 488 g/mol. The molecule has 35 heavy (non-hydrogen) atoms. The maximum absolute atomic E-state index is 12.9. The standard InChI is InChI=1S/C27H40N2O6/c1-25(2,3)35-24(31)29-22(19-34-27(29,6)7)16-12-11-15-21-18-33-26(4,5)28(21)23(30)32-17-20-13-9-8-10-14-20/h8-11,13-15,21-22H,12,16-19H2,1-7H3/b15-11+/t21-,22-/m1/s1. The van der Waals surface area contributed by atoms with Crippen LogP contribution >= 0.6 is 0 Å². The fourth-order valence-corrected chi connectivity index (χ4v) is 4.44. The first-order valence-corrected chi connectivity index (χ1v) is 12.3. The minimum atomic E-state index is -0.764. The van der Waals surface area contributed by atoms with E-state index in [0.29, 0.717) is 26.1 Å². The highest BCUT2D eigenvalue weighted by Gasteiger charge is 2.46. The van der Waals surface area contributed by atoms with E-state index in [1.54, 1.807) is 9.80 Å². The quantitative estimate of drug-likeness (QED) is 0.494. The third kappa shape index (κ3) is 6.98. The molecule has 2 saturated heterocycles. The molecule has 3 rings (SSSR count). The fourth-order valence-electron chi connectivity index (χ4n) is 4.44. The molecule has 0 spiro atoms. The van der Waals surface area contributed by atoms with Crippen LogP contribution in [0, 0.1) is 0 Å². The van der Waals surface area contributed by atoms with Crippen LogP contribution in [0.4, 0.5) is 9.59 Å². The van der Waals surface area contributed by atoms with Gasteiger partial charge < -0.3 is 18.9 Å². The molecule has 1 aromatic rings. The van der Waals surface area contributed by atoms with Crippen LogP contribution in [-0.2, 0) is 25.6 Å². The molecule has 0 bridgehead atoms. The predicted octanol–water partition coefficient (Wildman–Crippen LogP) is 5.47. The summed E-state index contributed by atoms with van der Waals surface area (Å²) in [5.41, 5.74) is -1.13. The molecule has 8 nitrogen and oxygen atoms in total. The summed E-state index contributed by atoms with van der Waals surface area (Å²) in [4.78, 5) is 29.1. The van der Waals surface area contributed by atoms with Crippen LogP contribution in [0.1, 0.15) is 66.9 Å². The van der Waals surface area contributed by atoms with Crippen molar-refractivity contribution in [3.05, 3.63) is 48.0 Å². The number of amides is 2. The van der Waals surface area contributed by atoms with Crippen LogP contribution in [0.15, 0.2) is 42.5 Å². The van der Waals surface area contributed by atoms with Crippen molar-refractivity contribution >= 4 is 12.2 Å². The van der Waals surface area contributed by atoms with Gasteiger partial charge in [0.25, 0.3) is 0 Å². The molecular weight excluding hydrogens is 448 g/mol. The second-order valence-electron chi connectivity index (χ2n) is 11.0. The summed E-state index contributed by atoms with van der Waals surface area (Å²) in [6.07, 6.45) is 4.67. The van der Waals surface area contributed by atoms with Crippen LogP contribution in [0.3, 0.4) is 0 Å². The predicted molar refractivity (Wildman–Crippen MR) is 133 cm³/mol. The van der Waals surface area contributed by atoms with Gasteiger partial charge in [-0.05, 0) is 66.9 Å². The lowest BCUT2D eigenvalue weighted by molar-refractivity contribution is -0.0627. The van der Waals surface area contributed by atoms with Gasteiger partial charge in [-0.2, -0.15) is 0 Å². The maximum Gasteiger partial charge on any atom is 0.412 e. The highest BCUT2D eigenvalue weighted by molar-refractivity contribution is 5.70. The summed E-state index contributed by atoms with van der Waals surface area (Å²) in [7, 11) is 0. The van der Waals surface area contributed by atoms with Crippen LogP contribution in [-0.4, -0.2) is 64.3 Å². The molecule has 2 aliphatic rings. The van der Waals surface area contributed by atoms with Gasteiger partial charge >= 0.3 is 12.2 Å². The third-order valence-electron chi connectivity index (χ3n) is 6.11. The average molecular weight is 489 g/mol. The van der Waals surface area contributed by atoms with Crippen molar-refractivity contribution < 1.29 is 28.5 Å². The van der Waals surface area contributed by atoms with E-state index in [2.05, 4.69) is 0 Å². The van der Waals surface area contributed by atoms with Crippen LogP contribution in [0.5, 0.6) is 0 Å². The largest absolute Gasteiger partial charge is 0.444 e. The Morgan fingerprint density at radius 2 is 1.63 bits per heavy atom. The fraction of sp³-hybridized carbons (Fsp3) is 0.630. The van der Waals surface area contributed by atoms with Gasteiger partial charge in [0, 0.05) is 0 Å². The molecule has 0 aromatic heterocycles. The van der Waals surface area contributed by atoms with Crippen LogP contribution < -0.4 is 0 Å². The molecule has 2 atom stereocenters. The van der Waals surface area contributed by atoms with E-state index in [1.807, 2.05) is 91.0 Å². The van der Waals surface area contributed by atoms with E-state index < -0.39 is 23.1 Å². The second kappa shape index (κ2) is 10.6. The van der Waals surface area contributed by atoms with Gasteiger partial charge in [0.1, 0.15) is 23.7 Å². The molecule has 0 radical (unpaired) electrons. The van der Waals surface area contributed by atoms with Gasteiger partial charge in [0.15, 0.2) is 0 Å². The van der Waals surface area contributed by atoms with Crippen molar-refractivity contribution in [2.75, 3.05) is 13.2 Å². The first-order valence-electron chi connectivity index (χ1n) is 12.3. The second-order valence-corrected chi connectivity index (χ2v) is 11.0. The van der Waals surface area contributed by atoms with Gasteiger partial charge in [-0.1, -0.05) is 42.5 Å². The SMILES string of the molecule is CC(C)(C)OC(=O)N1[C@H](CC/C=C/[C@@H]2COC(C)(C)N2C(=O)OCc2ccccc2)COC1(C)C. The number of hydrogen-bond acceptors (Lipinski definition) is 6. The van der Waals surface area contributed by atoms with Gasteiger partial charge in [0.05, 0.1) is 25.3 Å². The molecule has 0 N–H and O–H groups in total. The maximum atomic E-state index is 12.9. The van der Waals surface area contributed by atoms with Crippen molar-refractivity contribution in [2.24, 2.45) is 0 Å². The smallest absolute Gasteiger partial charge is 0.412 e. The number of ether oxygens (including phenoxy) is 4. The highest BCUT2D eigenvalue weighted by Crippen LogP contribution is 2.32. The van der Waals surface area contributed by atoms with E-state index in [1.165, 1.54) is 0 Å². The zero-order valence-corrected chi connectivity index (χ0v) is 22.1. The Labute approximate surface area is 209 Å². The van der Waals surface area contributed by atoms with Crippen LogP contribution in [0.25, 0.3) is 0 Å². The molecule has 2 fully saturated rings. The number of allylic oxidation sites excluding steroid dienone is 1. The molecule has 194 valence electrons. The topological polar surface area (TPSA) is 77.5 Å². The molecule has 0 aliphatic carbocycles. The van der Waals surface area contributed by atoms with Crippen LogP contribution in [0.2, 0.25) is 0 Å². The number of nitrogens with zero attached hydrogens (tertiary/aromatic N) is 2. The summed E-state index contributed by atoms with van der Waals surface area (Å²) in [5, 5.41) is 0. The number of carbonyl (C=O) groups excluding carboxylic acids is 2. The van der Waals surface area contributed by atoms with E-state index in [-0.39, 0.29) is 24.8 Å². The lowest BCUT2D eigenvalue weighted by Crippen LogP contribution is -2.49. The molecule has 0 saturated carbocycles. The normalized spacial score (nSPS) is 23.6. The van der Waals surface area contributed by atoms with Crippen molar-refractivity contribution in [1.82, 2.24) is 9.80 Å². The Morgan fingerprint density at radius 1 is 1.00 bits per heavy atom. The van der Waals surface area contributed by atoms with Crippen molar-refractivity contribution in [3.63, 3.8) is 0 Å². The minimum absolute atomic E-state index is 0.0901. The Kier molecular flexibility index (Phi) is 8.17. The molecule has 1 aromatic carbocycles. The van der Waals surface area contributed by atoms with Crippen molar-refractivity contribution in [3.8, 4) is 0 Å². The number of carbonyl (C=O) groups is 2. The molecule has 0 unspecified atom stereocenters. The van der Waals surface area contributed by atoms with Gasteiger partial charge in [-0.15, -0.1) is 0 Å². The molecular formula is C27H40N2O6. The number of benzene rings is 1. The summed E-state index contributed by atoms with van der Waals surface area (Å²) >= 11 is 0. The van der Waals surface area contributed by atoms with E-state index in [4.69, 9.17) is 18.9 Å². The third-order valence-corrected chi connectivity index (χ3v) is 6.11. The van der Waals surface area contributed by atoms with E-state index >= 15 is 0 Å². The molecule has 2 heterocycles. The zero-order valence-electron chi connectivity index (χ0n) is 22.1.